The molecule has 0 amide bonds. The van der Waals surface area contributed by atoms with Gasteiger partial charge in [-0.05, 0) is 133 Å². The molecule has 2 fully saturated rings. The molecule has 29 heteroatoms. The number of carbonyl (C=O) groups excluding carboxylic acids is 1. The smallest absolute Gasteiger partial charge is 0.237 e. The van der Waals surface area contributed by atoms with Gasteiger partial charge < -0.3 is 67.7 Å². The van der Waals surface area contributed by atoms with Crippen molar-refractivity contribution in [3.05, 3.63) is 130 Å². The number of imidazole rings is 2. The van der Waals surface area contributed by atoms with Gasteiger partial charge in [0, 0.05) is 122 Å². The maximum absolute atomic E-state index is 16.4. The summed E-state index contributed by atoms with van der Waals surface area (Å²) in [5, 5.41) is 33.8. The van der Waals surface area contributed by atoms with Crippen LogP contribution in [0, 0.1) is 0 Å². The third-order valence-electron chi connectivity index (χ3n) is 22.2. The lowest BCUT2D eigenvalue weighted by atomic mass is 9.97. The molecule has 596 valence electrons. The van der Waals surface area contributed by atoms with E-state index in [1.807, 2.05) is 33.6 Å². The van der Waals surface area contributed by atoms with Gasteiger partial charge in [-0.25, -0.2) is 39.3 Å². The van der Waals surface area contributed by atoms with Crippen LogP contribution in [0.4, 0.5) is 23.3 Å². The van der Waals surface area contributed by atoms with E-state index in [-0.39, 0.29) is 49.8 Å². The average molecular weight is 1590 g/mol. The quantitative estimate of drug-likeness (QED) is 0.0226. The van der Waals surface area contributed by atoms with E-state index in [1.165, 1.54) is 0 Å². The molecule has 4 aliphatic rings. The molecular formula is C83H116N18O7Si4. The summed E-state index contributed by atoms with van der Waals surface area (Å²) in [6, 6.07) is 28.2. The topological polar surface area (TPSA) is 237 Å². The Morgan fingerprint density at radius 1 is 0.438 bits per heavy atom. The number of rotatable bonds is 32. The number of aromatic nitrogens is 12. The van der Waals surface area contributed by atoms with Crippen molar-refractivity contribution in [2.75, 3.05) is 112 Å². The minimum absolute atomic E-state index is 0.169. The van der Waals surface area contributed by atoms with Crippen molar-refractivity contribution in [2.45, 2.75) is 183 Å². The second-order valence-electron chi connectivity index (χ2n) is 35.9. The zero-order valence-electron chi connectivity index (χ0n) is 69.0. The van der Waals surface area contributed by atoms with Crippen LogP contribution in [0.15, 0.2) is 85.2 Å². The fraction of sp³-hybridized carbons (Fsp3) is 0.506. The van der Waals surface area contributed by atoms with Crippen molar-refractivity contribution in [1.82, 2.24) is 68.4 Å². The number of nitrogens with zero attached hydrogens (tertiary/aromatic N) is 18. The predicted molar refractivity (Wildman–Crippen MR) is 458 cm³/mol. The van der Waals surface area contributed by atoms with E-state index in [0.717, 1.165) is 179 Å². The molecule has 0 saturated carbocycles. The Morgan fingerprint density at radius 3 is 1.16 bits per heavy atom. The van der Waals surface area contributed by atoms with Crippen LogP contribution in [0.25, 0.3) is 67.1 Å². The molecule has 0 spiro atoms. The molecule has 2 saturated heterocycles. The average Bonchev–Trinajstić information content (AvgIpc) is 1.59. The molecule has 0 unspecified atom stereocenters. The summed E-state index contributed by atoms with van der Waals surface area (Å²) in [5.41, 5.74) is 13.4. The van der Waals surface area contributed by atoms with E-state index in [4.69, 9.17) is 59.0 Å². The van der Waals surface area contributed by atoms with Crippen molar-refractivity contribution >= 4 is 83.2 Å². The van der Waals surface area contributed by atoms with Gasteiger partial charge >= 0.3 is 0 Å². The van der Waals surface area contributed by atoms with Crippen LogP contribution in [0.5, 0.6) is 11.5 Å². The van der Waals surface area contributed by atoms with Gasteiger partial charge in [-0.15, -0.1) is 0 Å². The number of anilines is 4. The Hall–Kier alpha value is -8.50. The number of ether oxygens (including phenoxy) is 4. The highest BCUT2D eigenvalue weighted by Crippen LogP contribution is 2.42. The number of benzene rings is 4. The highest BCUT2D eigenvalue weighted by atomic mass is 28.3. The van der Waals surface area contributed by atoms with Crippen LogP contribution in [-0.4, -0.2) is 210 Å². The van der Waals surface area contributed by atoms with Gasteiger partial charge in [0.25, 0.3) is 0 Å². The molecule has 112 heavy (non-hydrogen) atoms. The summed E-state index contributed by atoms with van der Waals surface area (Å²) < 4.78 is 34.8. The van der Waals surface area contributed by atoms with E-state index in [0.29, 0.717) is 87.5 Å². The third-order valence-corrected chi connectivity index (χ3v) is 29.0. The maximum Gasteiger partial charge on any atom is 0.237 e. The molecule has 4 aromatic carbocycles. The summed E-state index contributed by atoms with van der Waals surface area (Å²) in [6.45, 7) is 43.8. The van der Waals surface area contributed by atoms with E-state index in [9.17, 15) is 10.2 Å². The van der Waals surface area contributed by atoms with Gasteiger partial charge in [-0.3, -0.25) is 4.79 Å². The van der Waals surface area contributed by atoms with Crippen molar-refractivity contribution < 1.29 is 34.0 Å². The van der Waals surface area contributed by atoms with Gasteiger partial charge in [0.05, 0.1) is 72.4 Å². The Morgan fingerprint density at radius 2 is 0.804 bits per heavy atom. The number of hydrogen-bond donors (Lipinski definition) is 2. The zero-order valence-corrected chi connectivity index (χ0v) is 73.0. The van der Waals surface area contributed by atoms with Crippen LogP contribution in [0.3, 0.4) is 0 Å². The van der Waals surface area contributed by atoms with E-state index >= 15 is 4.79 Å². The summed E-state index contributed by atoms with van der Waals surface area (Å²) in [4.78, 5) is 62.6. The molecule has 6 aromatic heterocycles. The minimum atomic E-state index is -1.49. The summed E-state index contributed by atoms with van der Waals surface area (Å²) in [7, 11) is -1.51. The first-order valence-corrected chi connectivity index (χ1v) is 55.1. The number of phenols is 2. The largest absolute Gasteiger partial charge is 0.508 e. The number of hydrogen-bond acceptors (Lipinski definition) is 21. The molecule has 4 aliphatic heterocycles. The normalized spacial score (nSPS) is 15.5. The number of aryl methyl sites for hydroxylation is 2. The lowest BCUT2D eigenvalue weighted by Crippen LogP contribution is -2.45. The molecule has 2 N–H and O–H groups in total. The first-order valence-electron chi connectivity index (χ1n) is 40.2. The second kappa shape index (κ2) is 33.1. The molecule has 0 atom stereocenters. The number of likely N-dealkylation sites (N-methyl/N-ethyl adjacent to an activating group) is 2. The summed E-state index contributed by atoms with van der Waals surface area (Å²) in [5.74, 6) is 3.73. The monoisotopic (exact) mass is 1590 g/mol. The molecular weight excluding hydrogens is 1470 g/mol. The van der Waals surface area contributed by atoms with Crippen molar-refractivity contribution in [1.29, 1.82) is 0 Å². The number of aromatic hydroxyl groups is 2. The van der Waals surface area contributed by atoms with Crippen LogP contribution >= 0.6 is 0 Å². The number of piperazine rings is 2. The minimum Gasteiger partial charge on any atom is -0.508 e. The van der Waals surface area contributed by atoms with Crippen LogP contribution in [0.2, 0.25) is 103 Å². The first-order chi connectivity index (χ1) is 53.4. The fourth-order valence-corrected chi connectivity index (χ4v) is 18.1. The van der Waals surface area contributed by atoms with Gasteiger partial charge in [0.1, 0.15) is 61.4 Å². The van der Waals surface area contributed by atoms with Crippen LogP contribution < -0.4 is 19.6 Å². The second-order valence-corrected chi connectivity index (χ2v) is 58.4. The molecule has 0 aliphatic carbocycles. The van der Waals surface area contributed by atoms with E-state index in [2.05, 4.69) is 181 Å². The predicted octanol–water partition coefficient (Wildman–Crippen LogP) is 14.6. The highest BCUT2D eigenvalue weighted by molar-refractivity contribution is 6.77. The van der Waals surface area contributed by atoms with E-state index < -0.39 is 38.1 Å². The highest BCUT2D eigenvalue weighted by Gasteiger charge is 2.39. The molecule has 10 aromatic rings. The van der Waals surface area contributed by atoms with Crippen LogP contribution in [0.1, 0.15) is 63.9 Å². The zero-order chi connectivity index (χ0) is 79.1. The number of fused-ring (bicyclic) bond motifs is 4. The lowest BCUT2D eigenvalue weighted by molar-refractivity contribution is 0.0814. The Kier molecular flexibility index (Phi) is 23.7. The third kappa shape index (κ3) is 18.2. The molecule has 0 radical (unpaired) electrons. The molecule has 0 bridgehead atoms. The van der Waals surface area contributed by atoms with Gasteiger partial charge in [-0.2, -0.15) is 10.2 Å². The number of carbonyl (C=O) groups is 1. The molecule has 10 heterocycles. The van der Waals surface area contributed by atoms with Crippen molar-refractivity contribution in [3.63, 3.8) is 0 Å². The van der Waals surface area contributed by atoms with Gasteiger partial charge in [0.15, 0.2) is 34.7 Å². The van der Waals surface area contributed by atoms with Crippen molar-refractivity contribution in [3.8, 4) is 56.8 Å². The Balaban J connectivity index is 0.849. The van der Waals surface area contributed by atoms with E-state index in [1.54, 1.807) is 24.5 Å². The van der Waals surface area contributed by atoms with Crippen molar-refractivity contribution in [2.24, 2.45) is 0 Å². The maximum atomic E-state index is 16.4. The Labute approximate surface area is 664 Å². The van der Waals surface area contributed by atoms with Crippen LogP contribution in [-0.2, 0) is 84.9 Å². The fourth-order valence-electron chi connectivity index (χ4n) is 15.1. The number of phenolic OH excluding ortho intramolecular Hbond substituents is 2. The summed E-state index contributed by atoms with van der Waals surface area (Å²) in [6.07, 6.45) is 5.03. The molecule has 25 nitrogen and oxygen atoms in total. The first kappa shape index (κ1) is 80.1. The van der Waals surface area contributed by atoms with Gasteiger partial charge in [-0.1, -0.05) is 117 Å². The SMILES string of the molecule is CCc1cc(O)ccc1-c1ccc2c(-c3nc4c(n3COCC[Si](C)(C)C)CN(c3nc(N5CCN(C)CC5)cnc3C(=O)c3ncc(N5CCN(C)CC5)nc3N3Cc5nc(-c6nn(COCC[Si](C)(C)C)c7cc(-c8ccc(O)cc8CC)ccc67)n(COCC[Si](C)(C)C)c5C3)C4)nn(COCC[Si](C)(C)C)c2c1. The standard InChI is InChI=1S/C83H116N18O7Si4/c1-17-57-43-61(102)21-25-63(57)59-19-23-65-69(45-59)100(55-107-37-41-111(11,12)13)90-75(65)82-86-67-49-96(51-71(67)98(82)53-105-35-39-109(5,6)7)80-77(84-47-73(88-80)94-31-27-92(3)28-32-94)79(104)78-81(89-74(48-85-78)95-33-29-93(4)30-34-95)97-50-68-72(52-97)99(54-106-36-40-110(8,9)10)83(87-68)76-66-24-20-60(64-26-22-62(103)44-58(64)18-2)46-70(66)101(91-76)56-108-38-42-112(14,15)16/h19-26,43-48,102-103H,17-18,27-42,49-56H2,1-16H3. The number of ketones is 1. The van der Waals surface area contributed by atoms with Gasteiger partial charge in [0.2, 0.25) is 5.78 Å². The Bertz CT molecular complexity index is 4740. The molecule has 14 rings (SSSR count). The lowest BCUT2D eigenvalue weighted by Gasteiger charge is -2.34. The summed E-state index contributed by atoms with van der Waals surface area (Å²) >= 11 is 0.